The predicted octanol–water partition coefficient (Wildman–Crippen LogP) is 4.45. The molecular weight excluding hydrogens is 377 g/mol. The van der Waals surface area contributed by atoms with Crippen molar-refractivity contribution in [2.75, 3.05) is 17.7 Å². The summed E-state index contributed by atoms with van der Waals surface area (Å²) in [6.07, 6.45) is 1.47. The van der Waals surface area contributed by atoms with E-state index in [1.165, 1.54) is 13.3 Å². The molecule has 0 aliphatic heterocycles. The fraction of sp³-hybridized carbons (Fsp3) is 0.0588. The van der Waals surface area contributed by atoms with Gasteiger partial charge in [-0.05, 0) is 42.5 Å². The number of nitrogens with zero attached hydrogens (tertiary/aromatic N) is 3. The summed E-state index contributed by atoms with van der Waals surface area (Å²) >= 11 is 12.0. The molecule has 0 spiro atoms. The zero-order chi connectivity index (χ0) is 18.5. The van der Waals surface area contributed by atoms with Gasteiger partial charge in [0.05, 0.1) is 29.6 Å². The van der Waals surface area contributed by atoms with Gasteiger partial charge in [-0.3, -0.25) is 0 Å². The van der Waals surface area contributed by atoms with Crippen molar-refractivity contribution in [2.45, 2.75) is 0 Å². The highest BCUT2D eigenvalue weighted by Crippen LogP contribution is 2.27. The van der Waals surface area contributed by atoms with Crippen molar-refractivity contribution < 1.29 is 9.53 Å². The largest absolute Gasteiger partial charge is 0.465 e. The summed E-state index contributed by atoms with van der Waals surface area (Å²) in [5, 5.41) is 14.9. The number of nitrogens with one attached hydrogen (secondary N) is 2. The highest BCUT2D eigenvalue weighted by atomic mass is 35.5. The fourth-order valence-corrected chi connectivity index (χ4v) is 2.54. The Bertz CT molecular complexity index is 935. The predicted molar refractivity (Wildman–Crippen MR) is 101 cm³/mol. The maximum atomic E-state index is 11.4. The molecule has 0 saturated heterocycles. The number of esters is 1. The van der Waals surface area contributed by atoms with Gasteiger partial charge in [0.2, 0.25) is 5.95 Å². The molecule has 0 atom stereocenters. The number of ether oxygens (including phenoxy) is 1. The number of carbonyl (C=O) groups is 1. The SMILES string of the molecule is COC(=O)c1ccc(Nc2nncc(Nc3ccc(Cl)cc3Cl)n2)cc1. The standard InChI is InChI=1S/C17H13Cl2N5O2/c1-26-16(25)10-2-5-12(6-3-10)21-17-23-15(9-20-24-17)22-14-7-4-11(18)8-13(14)19/h2-9H,1H3,(H2,21,22,23,24). The lowest BCUT2D eigenvalue weighted by Gasteiger charge is -2.09. The van der Waals surface area contributed by atoms with Crippen molar-refractivity contribution in [1.29, 1.82) is 0 Å². The second-order valence-corrected chi connectivity index (χ2v) is 5.95. The molecule has 0 unspecified atom stereocenters. The second-order valence-electron chi connectivity index (χ2n) is 5.11. The van der Waals surface area contributed by atoms with Crippen molar-refractivity contribution in [3.8, 4) is 0 Å². The zero-order valence-electron chi connectivity index (χ0n) is 13.5. The summed E-state index contributed by atoms with van der Waals surface area (Å²) in [5.41, 5.74) is 1.79. The van der Waals surface area contributed by atoms with E-state index in [4.69, 9.17) is 23.2 Å². The van der Waals surface area contributed by atoms with Crippen LogP contribution in [-0.2, 0) is 4.74 Å². The molecule has 132 valence electrons. The van der Waals surface area contributed by atoms with E-state index in [-0.39, 0.29) is 5.95 Å². The lowest BCUT2D eigenvalue weighted by atomic mass is 10.2. The number of halogens is 2. The van der Waals surface area contributed by atoms with Gasteiger partial charge in [0, 0.05) is 10.7 Å². The highest BCUT2D eigenvalue weighted by Gasteiger charge is 2.07. The number of methoxy groups -OCH3 is 1. The summed E-state index contributed by atoms with van der Waals surface area (Å²) in [4.78, 5) is 15.8. The molecule has 3 aromatic rings. The Morgan fingerprint density at radius 3 is 2.54 bits per heavy atom. The van der Waals surface area contributed by atoms with Crippen LogP contribution < -0.4 is 10.6 Å². The Labute approximate surface area is 159 Å². The van der Waals surface area contributed by atoms with Crippen molar-refractivity contribution >= 4 is 52.3 Å². The monoisotopic (exact) mass is 389 g/mol. The molecule has 1 aromatic heterocycles. The van der Waals surface area contributed by atoms with E-state index in [1.807, 2.05) is 0 Å². The summed E-state index contributed by atoms with van der Waals surface area (Å²) in [7, 11) is 1.33. The summed E-state index contributed by atoms with van der Waals surface area (Å²) in [5.74, 6) is 0.337. The summed E-state index contributed by atoms with van der Waals surface area (Å²) in [6.45, 7) is 0. The first kappa shape index (κ1) is 17.9. The van der Waals surface area contributed by atoms with Crippen LogP contribution in [0.4, 0.5) is 23.1 Å². The molecule has 7 nitrogen and oxygen atoms in total. The molecule has 2 N–H and O–H groups in total. The van der Waals surface area contributed by atoms with Crippen LogP contribution in [0.15, 0.2) is 48.7 Å². The van der Waals surface area contributed by atoms with Gasteiger partial charge in [-0.1, -0.05) is 23.2 Å². The van der Waals surface area contributed by atoms with Crippen LogP contribution in [-0.4, -0.2) is 28.3 Å². The van der Waals surface area contributed by atoms with Crippen LogP contribution >= 0.6 is 23.2 Å². The van der Waals surface area contributed by atoms with Crippen molar-refractivity contribution in [2.24, 2.45) is 0 Å². The van der Waals surface area contributed by atoms with Gasteiger partial charge in [-0.2, -0.15) is 10.1 Å². The molecule has 0 bridgehead atoms. The van der Waals surface area contributed by atoms with E-state index in [0.29, 0.717) is 32.8 Å². The number of hydrogen-bond donors (Lipinski definition) is 2. The second kappa shape index (κ2) is 7.99. The molecular formula is C17H13Cl2N5O2. The van der Waals surface area contributed by atoms with Gasteiger partial charge in [-0.15, -0.1) is 5.10 Å². The fourth-order valence-electron chi connectivity index (χ4n) is 2.08. The van der Waals surface area contributed by atoms with Crippen molar-refractivity contribution in [1.82, 2.24) is 15.2 Å². The molecule has 0 aliphatic carbocycles. The van der Waals surface area contributed by atoms with E-state index < -0.39 is 5.97 Å². The molecule has 0 aliphatic rings. The smallest absolute Gasteiger partial charge is 0.337 e. The first-order valence-electron chi connectivity index (χ1n) is 7.42. The summed E-state index contributed by atoms with van der Waals surface area (Å²) in [6, 6.07) is 11.8. The van der Waals surface area contributed by atoms with Crippen molar-refractivity contribution in [3.63, 3.8) is 0 Å². The minimum absolute atomic E-state index is 0.283. The Hall–Kier alpha value is -2.90. The number of aromatic nitrogens is 3. The van der Waals surface area contributed by atoms with E-state index in [2.05, 4.69) is 30.6 Å². The average Bonchev–Trinajstić information content (AvgIpc) is 2.64. The van der Waals surface area contributed by atoms with Crippen LogP contribution in [0.3, 0.4) is 0 Å². The van der Waals surface area contributed by atoms with Gasteiger partial charge in [0.25, 0.3) is 0 Å². The molecule has 1 heterocycles. The van der Waals surface area contributed by atoms with E-state index in [1.54, 1.807) is 42.5 Å². The molecule has 26 heavy (non-hydrogen) atoms. The van der Waals surface area contributed by atoms with E-state index in [9.17, 15) is 4.79 Å². The minimum Gasteiger partial charge on any atom is -0.465 e. The van der Waals surface area contributed by atoms with Gasteiger partial charge in [-0.25, -0.2) is 4.79 Å². The van der Waals surface area contributed by atoms with Crippen LogP contribution in [0.1, 0.15) is 10.4 Å². The zero-order valence-corrected chi connectivity index (χ0v) is 15.0. The number of carbonyl (C=O) groups excluding carboxylic acids is 1. The Morgan fingerprint density at radius 2 is 1.85 bits per heavy atom. The van der Waals surface area contributed by atoms with Gasteiger partial charge in [0.1, 0.15) is 0 Å². The van der Waals surface area contributed by atoms with Crippen LogP contribution in [0, 0.1) is 0 Å². The highest BCUT2D eigenvalue weighted by molar-refractivity contribution is 6.36. The number of benzene rings is 2. The maximum absolute atomic E-state index is 11.4. The van der Waals surface area contributed by atoms with E-state index >= 15 is 0 Å². The van der Waals surface area contributed by atoms with Crippen LogP contribution in [0.2, 0.25) is 10.0 Å². The molecule has 3 rings (SSSR count). The molecule has 0 amide bonds. The third kappa shape index (κ3) is 4.38. The maximum Gasteiger partial charge on any atom is 0.337 e. The molecule has 9 heteroatoms. The molecule has 0 fully saturated rings. The normalized spacial score (nSPS) is 10.3. The topological polar surface area (TPSA) is 89.0 Å². The van der Waals surface area contributed by atoms with Gasteiger partial charge < -0.3 is 15.4 Å². The Morgan fingerprint density at radius 1 is 1.08 bits per heavy atom. The average molecular weight is 390 g/mol. The van der Waals surface area contributed by atoms with Gasteiger partial charge in [0.15, 0.2) is 5.82 Å². The number of anilines is 4. The first-order valence-corrected chi connectivity index (χ1v) is 8.18. The van der Waals surface area contributed by atoms with Crippen LogP contribution in [0.25, 0.3) is 0 Å². The van der Waals surface area contributed by atoms with E-state index in [0.717, 1.165) is 0 Å². The third-order valence-corrected chi connectivity index (χ3v) is 3.86. The third-order valence-electron chi connectivity index (χ3n) is 3.31. The van der Waals surface area contributed by atoms with Gasteiger partial charge >= 0.3 is 5.97 Å². The number of hydrogen-bond acceptors (Lipinski definition) is 7. The lowest BCUT2D eigenvalue weighted by molar-refractivity contribution is 0.0601. The van der Waals surface area contributed by atoms with Crippen molar-refractivity contribution in [3.05, 3.63) is 64.3 Å². The lowest BCUT2D eigenvalue weighted by Crippen LogP contribution is -2.04. The first-order chi connectivity index (χ1) is 12.5. The van der Waals surface area contributed by atoms with Crippen LogP contribution in [0.5, 0.6) is 0 Å². The molecule has 0 saturated carbocycles. The minimum atomic E-state index is -0.402. The Balaban J connectivity index is 1.74. The molecule has 0 radical (unpaired) electrons. The summed E-state index contributed by atoms with van der Waals surface area (Å²) < 4.78 is 4.66. The number of rotatable bonds is 5. The molecule has 2 aromatic carbocycles. The Kier molecular flexibility index (Phi) is 5.50. The quantitative estimate of drug-likeness (QED) is 0.622.